The molecule has 0 amide bonds. The third-order valence-corrected chi connectivity index (χ3v) is 4.24. The van der Waals surface area contributed by atoms with Crippen molar-refractivity contribution in [2.24, 2.45) is 0 Å². The van der Waals surface area contributed by atoms with E-state index in [4.69, 9.17) is 9.84 Å². The van der Waals surface area contributed by atoms with E-state index in [1.165, 1.54) is 11.1 Å². The minimum Gasteiger partial charge on any atom is -0.481 e. The normalized spacial score (nSPS) is 25.0. The minimum atomic E-state index is -0.692. The van der Waals surface area contributed by atoms with Gasteiger partial charge in [-0.2, -0.15) is 0 Å². The molecule has 1 aromatic carbocycles. The molecule has 2 fully saturated rings. The molecule has 0 spiro atoms. The fourth-order valence-corrected chi connectivity index (χ4v) is 2.93. The topological polar surface area (TPSA) is 46.5 Å². The molecule has 1 aliphatic heterocycles. The fraction of sp³-hybridized carbons (Fsp3) is 0.533. The molecule has 1 saturated heterocycles. The standard InChI is InChI=1S/C15H18O3/c16-14(17)9-15(5-6-15)13-3-1-2-11(8-13)12-4-7-18-10-12/h1-3,8,12H,4-7,9-10H2,(H,16,17). The fourth-order valence-electron chi connectivity index (χ4n) is 2.93. The quantitative estimate of drug-likeness (QED) is 0.888. The Morgan fingerprint density at radius 1 is 1.44 bits per heavy atom. The van der Waals surface area contributed by atoms with E-state index in [1.54, 1.807) is 0 Å². The van der Waals surface area contributed by atoms with Gasteiger partial charge < -0.3 is 9.84 Å². The number of hydrogen-bond donors (Lipinski definition) is 1. The Balaban J connectivity index is 1.84. The predicted molar refractivity (Wildman–Crippen MR) is 67.8 cm³/mol. The van der Waals surface area contributed by atoms with Gasteiger partial charge in [0.15, 0.2) is 0 Å². The summed E-state index contributed by atoms with van der Waals surface area (Å²) >= 11 is 0. The molecule has 0 bridgehead atoms. The highest BCUT2D eigenvalue weighted by atomic mass is 16.5. The number of carboxylic acid groups (broad SMARTS) is 1. The third-order valence-electron chi connectivity index (χ3n) is 4.24. The first kappa shape index (κ1) is 11.7. The van der Waals surface area contributed by atoms with Gasteiger partial charge >= 0.3 is 5.97 Å². The summed E-state index contributed by atoms with van der Waals surface area (Å²) in [5.74, 6) is -0.201. The second-order valence-electron chi connectivity index (χ2n) is 5.54. The van der Waals surface area contributed by atoms with Gasteiger partial charge in [0.05, 0.1) is 13.0 Å². The van der Waals surface area contributed by atoms with Crippen LogP contribution in [0.4, 0.5) is 0 Å². The van der Waals surface area contributed by atoms with Gasteiger partial charge in [-0.05, 0) is 30.4 Å². The van der Waals surface area contributed by atoms with E-state index < -0.39 is 5.97 Å². The maximum absolute atomic E-state index is 10.9. The second-order valence-corrected chi connectivity index (χ2v) is 5.54. The molecule has 1 saturated carbocycles. The van der Waals surface area contributed by atoms with Crippen molar-refractivity contribution >= 4 is 5.97 Å². The van der Waals surface area contributed by atoms with Crippen LogP contribution in [0.2, 0.25) is 0 Å². The molecule has 2 aliphatic rings. The molecular formula is C15H18O3. The number of benzene rings is 1. The van der Waals surface area contributed by atoms with Crippen molar-refractivity contribution < 1.29 is 14.6 Å². The van der Waals surface area contributed by atoms with Gasteiger partial charge in [-0.1, -0.05) is 24.3 Å². The van der Waals surface area contributed by atoms with E-state index in [9.17, 15) is 4.79 Å². The monoisotopic (exact) mass is 246 g/mol. The van der Waals surface area contributed by atoms with Crippen LogP contribution in [0.15, 0.2) is 24.3 Å². The summed E-state index contributed by atoms with van der Waals surface area (Å²) in [6.07, 6.45) is 3.35. The highest BCUT2D eigenvalue weighted by Crippen LogP contribution is 2.51. The smallest absolute Gasteiger partial charge is 0.304 e. The zero-order valence-corrected chi connectivity index (χ0v) is 10.4. The summed E-state index contributed by atoms with van der Waals surface area (Å²) < 4.78 is 5.42. The van der Waals surface area contributed by atoms with Crippen molar-refractivity contribution in [3.63, 3.8) is 0 Å². The highest BCUT2D eigenvalue weighted by molar-refractivity contribution is 5.70. The third kappa shape index (κ3) is 2.15. The van der Waals surface area contributed by atoms with Gasteiger partial charge in [0.2, 0.25) is 0 Å². The van der Waals surface area contributed by atoms with Gasteiger partial charge in [0, 0.05) is 17.9 Å². The van der Waals surface area contributed by atoms with Crippen LogP contribution in [-0.2, 0) is 14.9 Å². The first-order chi connectivity index (χ1) is 8.70. The highest BCUT2D eigenvalue weighted by Gasteiger charge is 2.46. The Kier molecular flexibility index (Phi) is 2.86. The zero-order chi connectivity index (χ0) is 12.6. The Morgan fingerprint density at radius 3 is 2.89 bits per heavy atom. The van der Waals surface area contributed by atoms with Gasteiger partial charge in [-0.15, -0.1) is 0 Å². The second kappa shape index (κ2) is 4.39. The van der Waals surface area contributed by atoms with E-state index in [0.717, 1.165) is 32.5 Å². The molecule has 3 nitrogen and oxygen atoms in total. The van der Waals surface area contributed by atoms with E-state index in [-0.39, 0.29) is 11.8 Å². The van der Waals surface area contributed by atoms with Gasteiger partial charge in [-0.3, -0.25) is 4.79 Å². The number of carboxylic acids is 1. The van der Waals surface area contributed by atoms with Crippen molar-refractivity contribution in [2.75, 3.05) is 13.2 Å². The molecule has 1 N–H and O–H groups in total. The van der Waals surface area contributed by atoms with Crippen molar-refractivity contribution in [3.05, 3.63) is 35.4 Å². The molecule has 1 aromatic rings. The molecule has 1 atom stereocenters. The van der Waals surface area contributed by atoms with Gasteiger partial charge in [-0.25, -0.2) is 0 Å². The molecule has 1 unspecified atom stereocenters. The first-order valence-corrected chi connectivity index (χ1v) is 6.60. The summed E-state index contributed by atoms with van der Waals surface area (Å²) in [4.78, 5) is 10.9. The van der Waals surface area contributed by atoms with Crippen molar-refractivity contribution in [2.45, 2.75) is 37.0 Å². The van der Waals surface area contributed by atoms with E-state index in [0.29, 0.717) is 5.92 Å². The summed E-state index contributed by atoms with van der Waals surface area (Å²) in [5.41, 5.74) is 2.43. The molecule has 18 heavy (non-hydrogen) atoms. The molecule has 3 rings (SSSR count). The van der Waals surface area contributed by atoms with Crippen LogP contribution in [0, 0.1) is 0 Å². The van der Waals surface area contributed by atoms with Crippen molar-refractivity contribution in [1.82, 2.24) is 0 Å². The molecule has 1 aliphatic carbocycles. The summed E-state index contributed by atoms with van der Waals surface area (Å²) in [5, 5.41) is 9.01. The maximum atomic E-state index is 10.9. The van der Waals surface area contributed by atoms with Crippen LogP contribution in [0.25, 0.3) is 0 Å². The van der Waals surface area contributed by atoms with E-state index in [2.05, 4.69) is 24.3 Å². The first-order valence-electron chi connectivity index (χ1n) is 6.60. The van der Waals surface area contributed by atoms with Crippen molar-refractivity contribution in [3.8, 4) is 0 Å². The van der Waals surface area contributed by atoms with Crippen LogP contribution < -0.4 is 0 Å². The summed E-state index contributed by atoms with van der Waals surface area (Å²) in [6.45, 7) is 1.64. The molecule has 0 aromatic heterocycles. The molecule has 96 valence electrons. The minimum absolute atomic E-state index is 0.0820. The van der Waals surface area contributed by atoms with Crippen LogP contribution in [0.3, 0.4) is 0 Å². The molecule has 3 heteroatoms. The molecule has 1 heterocycles. The Labute approximate surface area is 107 Å². The van der Waals surface area contributed by atoms with Crippen LogP contribution in [0.5, 0.6) is 0 Å². The molecule has 0 radical (unpaired) electrons. The predicted octanol–water partition coefficient (Wildman–Crippen LogP) is 2.70. The van der Waals surface area contributed by atoms with Crippen LogP contribution in [0.1, 0.15) is 42.7 Å². The number of aliphatic carboxylic acids is 1. The van der Waals surface area contributed by atoms with Gasteiger partial charge in [0.1, 0.15) is 0 Å². The van der Waals surface area contributed by atoms with Crippen molar-refractivity contribution in [1.29, 1.82) is 0 Å². The summed E-state index contributed by atoms with van der Waals surface area (Å²) in [7, 11) is 0. The maximum Gasteiger partial charge on any atom is 0.304 e. The average Bonchev–Trinajstić information content (AvgIpc) is 2.93. The van der Waals surface area contributed by atoms with Gasteiger partial charge in [0.25, 0.3) is 0 Å². The SMILES string of the molecule is O=C(O)CC1(c2cccc(C3CCOC3)c2)CC1. The largest absolute Gasteiger partial charge is 0.481 e. The van der Waals surface area contributed by atoms with E-state index >= 15 is 0 Å². The number of ether oxygens (including phenoxy) is 1. The van der Waals surface area contributed by atoms with Crippen LogP contribution >= 0.6 is 0 Å². The molecular weight excluding hydrogens is 228 g/mol. The Morgan fingerprint density at radius 2 is 2.28 bits per heavy atom. The Hall–Kier alpha value is -1.35. The summed E-state index contributed by atoms with van der Waals surface area (Å²) in [6, 6.07) is 8.48. The lowest BCUT2D eigenvalue weighted by Crippen LogP contribution is -2.13. The number of carbonyl (C=O) groups is 1. The van der Waals surface area contributed by atoms with Crippen LogP contribution in [-0.4, -0.2) is 24.3 Å². The lowest BCUT2D eigenvalue weighted by Gasteiger charge is -2.16. The average molecular weight is 246 g/mol. The number of hydrogen-bond acceptors (Lipinski definition) is 2. The lowest BCUT2D eigenvalue weighted by atomic mass is 9.88. The Bertz CT molecular complexity index is 457. The lowest BCUT2D eigenvalue weighted by molar-refractivity contribution is -0.137. The number of rotatable bonds is 4. The van der Waals surface area contributed by atoms with E-state index in [1.807, 2.05) is 0 Å². The zero-order valence-electron chi connectivity index (χ0n) is 10.4.